The van der Waals surface area contributed by atoms with Crippen molar-refractivity contribution in [3.05, 3.63) is 170 Å². The van der Waals surface area contributed by atoms with Crippen LogP contribution in [0, 0.1) is 0 Å². The van der Waals surface area contributed by atoms with Crippen molar-refractivity contribution in [2.75, 3.05) is 13.2 Å². The Morgan fingerprint density at radius 1 is 0.370 bits per heavy atom. The Hall–Kier alpha value is -4.63. The highest BCUT2D eigenvalue weighted by Crippen LogP contribution is 2.46. The molecule has 6 aromatic rings. The summed E-state index contributed by atoms with van der Waals surface area (Å²) < 4.78 is 41.0. The Kier molecular flexibility index (Phi) is 9.68. The van der Waals surface area contributed by atoms with Gasteiger partial charge in [-0.2, -0.15) is 0 Å². The Bertz CT molecular complexity index is 1830. The zero-order chi connectivity index (χ0) is 31.8. The number of benzene rings is 6. The predicted molar refractivity (Wildman–Crippen MR) is 187 cm³/mol. The predicted octanol–water partition coefficient (Wildman–Crippen LogP) is 7.78. The van der Waals surface area contributed by atoms with Crippen LogP contribution in [0.15, 0.2) is 170 Å². The minimum absolute atomic E-state index is 0.473. The number of Topliss-reactive ketones (excluding diaryl/α,β-unsaturated/α-hetero) is 1. The minimum atomic E-state index is -3.65. The molecule has 0 saturated carbocycles. The summed E-state index contributed by atoms with van der Waals surface area (Å²) in [5, 5.41) is 1.90. The van der Waals surface area contributed by atoms with Gasteiger partial charge in [-0.1, -0.05) is 121 Å². The lowest BCUT2D eigenvalue weighted by Gasteiger charge is -2.21. The second kappa shape index (κ2) is 14.2. The molecule has 5 nitrogen and oxygen atoms in total. The van der Waals surface area contributed by atoms with Gasteiger partial charge in [0, 0.05) is 21.2 Å². The normalized spacial score (nSPS) is 13.7. The quantitative estimate of drug-likeness (QED) is 0.128. The van der Waals surface area contributed by atoms with Gasteiger partial charge >= 0.3 is 0 Å². The molecule has 6 aromatic carbocycles. The highest BCUT2D eigenvalue weighted by molar-refractivity contribution is 7.74. The molecular formula is C39H32O5P2. The largest absolute Gasteiger partial charge is 0.314 e. The summed E-state index contributed by atoms with van der Waals surface area (Å²) in [4.78, 5) is 13.2. The number of hydrogen-bond donors (Lipinski definition) is 0. The van der Waals surface area contributed by atoms with Crippen molar-refractivity contribution >= 4 is 41.7 Å². The number of carbonyl (C=O) groups is 1. The van der Waals surface area contributed by atoms with Crippen LogP contribution in [0.4, 0.5) is 0 Å². The number of hydrogen-bond acceptors (Lipinski definition) is 5. The molecule has 7 heteroatoms. The molecule has 0 fully saturated rings. The van der Waals surface area contributed by atoms with Crippen LogP contribution < -0.4 is 21.2 Å². The molecule has 0 aliphatic heterocycles. The van der Waals surface area contributed by atoms with Gasteiger partial charge in [0.2, 0.25) is 0 Å². The van der Waals surface area contributed by atoms with E-state index in [1.807, 2.05) is 97.1 Å². The van der Waals surface area contributed by atoms with Gasteiger partial charge in [-0.05, 0) is 70.8 Å². The lowest BCUT2D eigenvalue weighted by molar-refractivity contribution is -0.122. The molecule has 6 rings (SSSR count). The first-order valence-corrected chi connectivity index (χ1v) is 18.1. The van der Waals surface area contributed by atoms with E-state index < -0.39 is 33.7 Å². The molecule has 0 heterocycles. The second-order valence-electron chi connectivity index (χ2n) is 10.7. The van der Waals surface area contributed by atoms with Crippen LogP contribution in [0.2, 0.25) is 0 Å². The molecule has 0 saturated heterocycles. The van der Waals surface area contributed by atoms with Crippen LogP contribution in [0.1, 0.15) is 0 Å². The highest BCUT2D eigenvalue weighted by atomic mass is 31.2. The monoisotopic (exact) mass is 642 g/mol. The summed E-state index contributed by atoms with van der Waals surface area (Å²) in [6, 6.07) is 52.2. The van der Waals surface area contributed by atoms with Crippen molar-refractivity contribution in [3.63, 3.8) is 0 Å². The molecule has 0 radical (unpaired) electrons. The van der Waals surface area contributed by atoms with E-state index in [1.54, 1.807) is 72.8 Å². The maximum Gasteiger partial charge on any atom is 0.261 e. The smallest absolute Gasteiger partial charge is 0.261 e. The summed E-state index contributed by atoms with van der Waals surface area (Å²) in [5.41, 5.74) is 4.02. The Morgan fingerprint density at radius 2 is 0.630 bits per heavy atom. The van der Waals surface area contributed by atoms with Gasteiger partial charge in [0.15, 0.2) is 5.78 Å². The van der Waals surface area contributed by atoms with Crippen molar-refractivity contribution < 1.29 is 23.0 Å². The molecule has 0 spiro atoms. The average molecular weight is 643 g/mol. The van der Waals surface area contributed by atoms with E-state index in [0.717, 1.165) is 22.3 Å². The van der Waals surface area contributed by atoms with Crippen LogP contribution in [-0.2, 0) is 23.0 Å². The summed E-state index contributed by atoms with van der Waals surface area (Å²) in [6.45, 7) is -0.956. The third kappa shape index (κ3) is 6.94. The first-order chi connectivity index (χ1) is 22.5. The number of carbonyl (C=O) groups excluding carboxylic acids is 1. The van der Waals surface area contributed by atoms with Crippen LogP contribution in [0.25, 0.3) is 22.3 Å². The van der Waals surface area contributed by atoms with Gasteiger partial charge < -0.3 is 9.05 Å². The summed E-state index contributed by atoms with van der Waals surface area (Å²) in [5.74, 6) is -0.478. The summed E-state index contributed by atoms with van der Waals surface area (Å²) in [7, 11) is -7.30. The molecule has 0 amide bonds. The molecule has 46 heavy (non-hydrogen) atoms. The Morgan fingerprint density at radius 3 is 0.957 bits per heavy atom. The van der Waals surface area contributed by atoms with Crippen LogP contribution in [-0.4, -0.2) is 19.0 Å². The first kappa shape index (κ1) is 31.4. The van der Waals surface area contributed by atoms with Gasteiger partial charge in [0.1, 0.15) is 13.2 Å². The molecule has 0 N–H and O–H groups in total. The maximum absolute atomic E-state index is 14.5. The fraction of sp³-hybridized carbons (Fsp3) is 0.0513. The van der Waals surface area contributed by atoms with E-state index in [0.29, 0.717) is 21.2 Å². The maximum atomic E-state index is 14.5. The van der Waals surface area contributed by atoms with Crippen LogP contribution in [0.5, 0.6) is 0 Å². The van der Waals surface area contributed by atoms with E-state index in [1.165, 1.54) is 0 Å². The molecule has 228 valence electrons. The molecule has 2 atom stereocenters. The SMILES string of the molecule is O=C(COP(=O)(c1ccccc1)c1ccc(-c2ccccc2)cc1)COP(=O)(c1ccccc1)c1ccc(-c2ccccc2)cc1. The lowest BCUT2D eigenvalue weighted by Crippen LogP contribution is -2.24. The average Bonchev–Trinajstić information content (AvgIpc) is 3.14. The molecule has 0 aliphatic carbocycles. The van der Waals surface area contributed by atoms with Crippen molar-refractivity contribution in [2.45, 2.75) is 0 Å². The van der Waals surface area contributed by atoms with Crippen molar-refractivity contribution in [1.82, 2.24) is 0 Å². The zero-order valence-corrected chi connectivity index (χ0v) is 26.8. The highest BCUT2D eigenvalue weighted by Gasteiger charge is 2.32. The molecule has 0 bridgehead atoms. The molecule has 2 unspecified atom stereocenters. The summed E-state index contributed by atoms with van der Waals surface area (Å²) >= 11 is 0. The molecule has 0 aliphatic rings. The second-order valence-corrected chi connectivity index (χ2v) is 15.5. The van der Waals surface area contributed by atoms with Crippen molar-refractivity contribution in [1.29, 1.82) is 0 Å². The Labute approximate surface area is 269 Å². The fourth-order valence-electron chi connectivity index (χ4n) is 5.17. The van der Waals surface area contributed by atoms with E-state index in [-0.39, 0.29) is 0 Å². The standard InChI is InChI=1S/C39H32O5P2/c40-35(29-43-45(41,36-17-9-3-10-18-36)38-25-21-33(22-26-38)31-13-5-1-6-14-31)30-44-46(42,37-19-11-4-12-20-37)39-27-23-34(24-28-39)32-15-7-2-8-16-32/h1-28H,29-30H2. The van der Waals surface area contributed by atoms with Crippen LogP contribution in [0.3, 0.4) is 0 Å². The van der Waals surface area contributed by atoms with Gasteiger partial charge in [0.05, 0.1) is 0 Å². The van der Waals surface area contributed by atoms with Crippen LogP contribution >= 0.6 is 14.7 Å². The van der Waals surface area contributed by atoms with Crippen molar-refractivity contribution in [3.8, 4) is 22.3 Å². The van der Waals surface area contributed by atoms with E-state index in [2.05, 4.69) is 0 Å². The van der Waals surface area contributed by atoms with E-state index in [4.69, 9.17) is 9.05 Å². The third-order valence-electron chi connectivity index (χ3n) is 7.64. The van der Waals surface area contributed by atoms with Gasteiger partial charge in [0.25, 0.3) is 14.7 Å². The lowest BCUT2D eigenvalue weighted by atomic mass is 10.1. The third-order valence-corrected chi connectivity index (χ3v) is 12.5. The van der Waals surface area contributed by atoms with Crippen molar-refractivity contribution in [2.24, 2.45) is 0 Å². The summed E-state index contributed by atoms with van der Waals surface area (Å²) in [6.07, 6.45) is 0. The van der Waals surface area contributed by atoms with Gasteiger partial charge in [-0.15, -0.1) is 0 Å². The zero-order valence-electron chi connectivity index (χ0n) is 25.0. The fourth-order valence-corrected chi connectivity index (χ4v) is 9.23. The number of rotatable bonds is 12. The van der Waals surface area contributed by atoms with E-state index >= 15 is 0 Å². The Balaban J connectivity index is 1.21. The van der Waals surface area contributed by atoms with E-state index in [9.17, 15) is 13.9 Å². The molecule has 0 aromatic heterocycles. The minimum Gasteiger partial charge on any atom is -0.314 e. The first-order valence-electron chi connectivity index (χ1n) is 14.9. The topological polar surface area (TPSA) is 69.7 Å². The molecular weight excluding hydrogens is 610 g/mol. The number of ketones is 1. The van der Waals surface area contributed by atoms with Gasteiger partial charge in [-0.3, -0.25) is 13.9 Å². The van der Waals surface area contributed by atoms with Gasteiger partial charge in [-0.25, -0.2) is 0 Å².